The van der Waals surface area contributed by atoms with Crippen LogP contribution in [-0.4, -0.2) is 86.0 Å². The van der Waals surface area contributed by atoms with Crippen LogP contribution in [-0.2, 0) is 24.5 Å². The molecule has 2 unspecified atom stereocenters. The Morgan fingerprint density at radius 3 is 2.07 bits per heavy atom. The van der Waals surface area contributed by atoms with Gasteiger partial charge in [-0.25, -0.2) is 0 Å². The number of amides is 3. The Bertz CT molecular complexity index is 983. The summed E-state index contributed by atoms with van der Waals surface area (Å²) < 4.78 is 5.79. The minimum atomic E-state index is -0.701. The van der Waals surface area contributed by atoms with Gasteiger partial charge >= 0.3 is 0 Å². The quantitative estimate of drug-likeness (QED) is 0.348. The molecule has 8 nitrogen and oxygen atoms in total. The molecule has 41 heavy (non-hydrogen) atoms. The largest absolute Gasteiger partial charge is 0.371 e. The molecule has 0 aromatic heterocycles. The van der Waals surface area contributed by atoms with E-state index in [1.165, 1.54) is 0 Å². The first-order chi connectivity index (χ1) is 19.1. The summed E-state index contributed by atoms with van der Waals surface area (Å²) in [6.07, 6.45) is 2.87. The van der Waals surface area contributed by atoms with Gasteiger partial charge in [-0.05, 0) is 49.1 Å². The lowest BCUT2D eigenvalue weighted by Gasteiger charge is -2.41. The Morgan fingerprint density at radius 2 is 1.56 bits per heavy atom. The van der Waals surface area contributed by atoms with Crippen LogP contribution in [0.25, 0.3) is 0 Å². The molecule has 1 aliphatic rings. The molecule has 8 heteroatoms. The molecule has 3 amide bonds. The minimum Gasteiger partial charge on any atom is -0.371 e. The summed E-state index contributed by atoms with van der Waals surface area (Å²) in [6, 6.07) is 8.69. The van der Waals surface area contributed by atoms with E-state index in [0.717, 1.165) is 37.9 Å². The normalized spacial score (nSPS) is 17.2. The van der Waals surface area contributed by atoms with Gasteiger partial charge in [-0.3, -0.25) is 14.4 Å². The highest BCUT2D eigenvalue weighted by atomic mass is 16.5. The van der Waals surface area contributed by atoms with E-state index in [1.807, 2.05) is 81.8 Å². The lowest BCUT2D eigenvalue weighted by molar-refractivity contribution is -0.142. The number of rotatable bonds is 14. The molecular weight excluding hydrogens is 516 g/mol. The van der Waals surface area contributed by atoms with Gasteiger partial charge in [0.25, 0.3) is 0 Å². The second-order valence-corrected chi connectivity index (χ2v) is 13.8. The summed E-state index contributed by atoms with van der Waals surface area (Å²) in [7, 11) is 3.62. The predicted molar refractivity (Wildman–Crippen MR) is 166 cm³/mol. The zero-order chi connectivity index (χ0) is 31.0. The molecule has 1 aromatic carbocycles. The molecule has 0 bridgehead atoms. The predicted octanol–water partition coefficient (Wildman–Crippen LogP) is 4.23. The highest BCUT2D eigenvalue weighted by Crippen LogP contribution is 2.29. The van der Waals surface area contributed by atoms with Crippen LogP contribution >= 0.6 is 0 Å². The van der Waals surface area contributed by atoms with Crippen molar-refractivity contribution in [2.75, 3.05) is 40.4 Å². The highest BCUT2D eigenvalue weighted by Gasteiger charge is 2.41. The molecule has 1 saturated heterocycles. The molecule has 1 aliphatic heterocycles. The number of hydrogen-bond donors (Lipinski definition) is 2. The number of nitrogens with one attached hydrogen (secondary N) is 2. The van der Waals surface area contributed by atoms with Gasteiger partial charge in [-0.2, -0.15) is 0 Å². The summed E-state index contributed by atoms with van der Waals surface area (Å²) in [4.78, 5) is 43.8. The maximum Gasteiger partial charge on any atom is 0.248 e. The molecule has 2 N–H and O–H groups in total. The summed E-state index contributed by atoms with van der Waals surface area (Å²) in [6.45, 7) is 18.6. The molecular formula is C33H56N4O4. The Labute approximate surface area is 248 Å². The zero-order valence-electron chi connectivity index (χ0n) is 27.3. The van der Waals surface area contributed by atoms with Crippen LogP contribution in [0.15, 0.2) is 30.3 Å². The number of benzene rings is 1. The van der Waals surface area contributed by atoms with Crippen LogP contribution in [0, 0.1) is 17.3 Å². The fourth-order valence-electron chi connectivity index (χ4n) is 5.86. The Morgan fingerprint density at radius 1 is 0.976 bits per heavy atom. The molecule has 2 rings (SSSR count). The van der Waals surface area contributed by atoms with Gasteiger partial charge in [0.1, 0.15) is 12.6 Å². The van der Waals surface area contributed by atoms with Gasteiger partial charge < -0.3 is 25.2 Å². The lowest BCUT2D eigenvalue weighted by Crippen LogP contribution is -2.61. The minimum absolute atomic E-state index is 0.0435. The SMILES string of the molecule is CN[C@H](C(=O)NC(C(=O)N(C)[C@H](CC(C)COCC(=O)N1CCCC1)C(C)C)C(C)(C)C)C(C)(C)c1ccccc1. The fraction of sp³-hybridized carbons (Fsp3) is 0.727. The Hall–Kier alpha value is -2.45. The van der Waals surface area contributed by atoms with E-state index in [0.29, 0.717) is 6.61 Å². The summed E-state index contributed by atoms with van der Waals surface area (Å²) in [5, 5.41) is 6.33. The van der Waals surface area contributed by atoms with E-state index in [-0.39, 0.29) is 42.2 Å². The molecule has 4 atom stereocenters. The fourth-order valence-corrected chi connectivity index (χ4v) is 5.86. The summed E-state index contributed by atoms with van der Waals surface area (Å²) in [5.74, 6) is 0.118. The van der Waals surface area contributed by atoms with Gasteiger partial charge in [0.05, 0.1) is 6.04 Å². The van der Waals surface area contributed by atoms with Crippen LogP contribution in [0.1, 0.15) is 80.2 Å². The Kier molecular flexibility index (Phi) is 12.8. The van der Waals surface area contributed by atoms with Crippen LogP contribution in [0.5, 0.6) is 0 Å². The molecule has 1 fully saturated rings. The highest BCUT2D eigenvalue weighted by molar-refractivity contribution is 5.91. The number of ether oxygens (including phenoxy) is 1. The summed E-state index contributed by atoms with van der Waals surface area (Å²) >= 11 is 0. The van der Waals surface area contributed by atoms with Crippen molar-refractivity contribution >= 4 is 17.7 Å². The van der Waals surface area contributed by atoms with Crippen LogP contribution in [0.2, 0.25) is 0 Å². The van der Waals surface area contributed by atoms with Gasteiger partial charge in [-0.1, -0.05) is 85.7 Å². The molecule has 0 spiro atoms. The third-order valence-corrected chi connectivity index (χ3v) is 8.54. The van der Waals surface area contributed by atoms with E-state index in [9.17, 15) is 14.4 Å². The van der Waals surface area contributed by atoms with Crippen LogP contribution in [0.4, 0.5) is 0 Å². The topological polar surface area (TPSA) is 91.0 Å². The standard InChI is InChI=1S/C33H56N4O4/c1-23(2)26(20-24(3)21-41-22-27(38)37-18-14-15-19-37)36(10)31(40)29(32(4,5)6)35-30(39)28(34-9)33(7,8)25-16-12-11-13-17-25/h11-13,16-17,23-24,26,28-29,34H,14-15,18-22H2,1-10H3,(H,35,39)/t24?,26-,28-,29?/m1/s1. The number of carbonyl (C=O) groups excluding carboxylic acids is 3. The van der Waals surface area contributed by atoms with E-state index in [2.05, 4.69) is 31.4 Å². The van der Waals surface area contributed by atoms with Crippen molar-refractivity contribution in [2.24, 2.45) is 17.3 Å². The van der Waals surface area contributed by atoms with Gasteiger partial charge in [0.15, 0.2) is 0 Å². The number of carbonyl (C=O) groups is 3. The average Bonchev–Trinajstić information content (AvgIpc) is 3.45. The smallest absolute Gasteiger partial charge is 0.248 e. The van der Waals surface area contributed by atoms with E-state index < -0.39 is 22.9 Å². The van der Waals surface area contributed by atoms with Crippen molar-refractivity contribution in [1.29, 1.82) is 0 Å². The lowest BCUT2D eigenvalue weighted by atomic mass is 9.76. The molecule has 1 heterocycles. The van der Waals surface area contributed by atoms with Gasteiger partial charge in [-0.15, -0.1) is 0 Å². The van der Waals surface area contributed by atoms with Gasteiger partial charge in [0.2, 0.25) is 17.7 Å². The van der Waals surface area contributed by atoms with Crippen molar-refractivity contribution < 1.29 is 19.1 Å². The van der Waals surface area contributed by atoms with E-state index in [4.69, 9.17) is 4.74 Å². The van der Waals surface area contributed by atoms with Crippen molar-refractivity contribution in [1.82, 2.24) is 20.4 Å². The van der Waals surface area contributed by atoms with E-state index >= 15 is 0 Å². The van der Waals surface area contributed by atoms with E-state index in [1.54, 1.807) is 7.05 Å². The first-order valence-corrected chi connectivity index (χ1v) is 15.3. The maximum absolute atomic E-state index is 14.0. The molecule has 1 aromatic rings. The third-order valence-electron chi connectivity index (χ3n) is 8.54. The zero-order valence-corrected chi connectivity index (χ0v) is 27.3. The third kappa shape index (κ3) is 9.53. The van der Waals surface area contributed by atoms with Crippen LogP contribution in [0.3, 0.4) is 0 Å². The monoisotopic (exact) mass is 572 g/mol. The second kappa shape index (κ2) is 15.1. The summed E-state index contributed by atoms with van der Waals surface area (Å²) in [5.41, 5.74) is 0.0507. The Balaban J connectivity index is 2.10. The van der Waals surface area contributed by atoms with Gasteiger partial charge in [0, 0.05) is 38.2 Å². The molecule has 232 valence electrons. The number of nitrogens with zero attached hydrogens (tertiary/aromatic N) is 2. The average molecular weight is 573 g/mol. The number of hydrogen-bond acceptors (Lipinski definition) is 5. The second-order valence-electron chi connectivity index (χ2n) is 13.8. The first-order valence-electron chi connectivity index (χ1n) is 15.3. The maximum atomic E-state index is 14.0. The van der Waals surface area contributed by atoms with Crippen LogP contribution < -0.4 is 10.6 Å². The molecule has 0 radical (unpaired) electrons. The number of likely N-dealkylation sites (N-methyl/N-ethyl adjacent to an activating group) is 2. The first kappa shape index (κ1) is 34.7. The molecule has 0 aliphatic carbocycles. The number of likely N-dealkylation sites (tertiary alicyclic amines) is 1. The van der Waals surface area contributed by atoms with Crippen molar-refractivity contribution in [3.63, 3.8) is 0 Å². The van der Waals surface area contributed by atoms with Crippen molar-refractivity contribution in [3.8, 4) is 0 Å². The van der Waals surface area contributed by atoms with Crippen molar-refractivity contribution in [3.05, 3.63) is 35.9 Å². The van der Waals surface area contributed by atoms with Crippen molar-refractivity contribution in [2.45, 2.75) is 98.2 Å². The molecule has 0 saturated carbocycles.